The monoisotopic (exact) mass is 276 g/mol. The van der Waals surface area contributed by atoms with Crippen molar-refractivity contribution >= 4 is 17.5 Å². The quantitative estimate of drug-likeness (QED) is 0.472. The Morgan fingerprint density at radius 1 is 1.30 bits per heavy atom. The average molecular weight is 276 g/mol. The lowest BCUT2D eigenvalue weighted by molar-refractivity contribution is -0.384. The maximum atomic E-state index is 12.2. The highest BCUT2D eigenvalue weighted by atomic mass is 16.6. The molecule has 0 unspecified atom stereocenters. The zero-order valence-electron chi connectivity index (χ0n) is 10.6. The Balaban J connectivity index is 1.88. The highest BCUT2D eigenvalue weighted by molar-refractivity contribution is 6.21. The van der Waals surface area contributed by atoms with Gasteiger partial charge in [-0.2, -0.15) is 0 Å². The van der Waals surface area contributed by atoms with Crippen LogP contribution in [0.1, 0.15) is 33.6 Å². The molecule has 104 valence electrons. The van der Waals surface area contributed by atoms with Crippen LogP contribution in [0, 0.1) is 10.1 Å². The molecule has 1 aromatic carbocycles. The number of hydrogen-bond acceptors (Lipinski definition) is 5. The number of carbonyl (C=O) groups excluding carboxylic acids is 2. The highest BCUT2D eigenvalue weighted by Crippen LogP contribution is 2.28. The third-order valence-corrected chi connectivity index (χ3v) is 3.58. The minimum atomic E-state index is -0.583. The van der Waals surface area contributed by atoms with Crippen molar-refractivity contribution in [1.82, 2.24) is 4.90 Å². The summed E-state index contributed by atoms with van der Waals surface area (Å²) in [6, 6.07) is 3.73. The molecule has 0 saturated carbocycles. The summed E-state index contributed by atoms with van der Waals surface area (Å²) in [5.41, 5.74) is 0.129. The second-order valence-corrected chi connectivity index (χ2v) is 4.84. The van der Waals surface area contributed by atoms with E-state index in [1.807, 2.05) is 0 Å². The molecule has 0 bridgehead atoms. The van der Waals surface area contributed by atoms with Crippen LogP contribution in [-0.4, -0.2) is 40.9 Å². The summed E-state index contributed by atoms with van der Waals surface area (Å²) >= 11 is 0. The zero-order chi connectivity index (χ0) is 14.3. The maximum Gasteiger partial charge on any atom is 0.270 e. The van der Waals surface area contributed by atoms with Gasteiger partial charge in [-0.1, -0.05) is 0 Å². The largest absolute Gasteiger partial charge is 0.376 e. The van der Waals surface area contributed by atoms with Crippen molar-refractivity contribution in [3.8, 4) is 0 Å². The van der Waals surface area contributed by atoms with E-state index < -0.39 is 16.7 Å². The molecule has 0 spiro atoms. The number of hydrogen-bond donors (Lipinski definition) is 0. The van der Waals surface area contributed by atoms with Crippen molar-refractivity contribution in [2.24, 2.45) is 0 Å². The summed E-state index contributed by atoms with van der Waals surface area (Å²) in [6.45, 7) is 0.847. The molecule has 0 radical (unpaired) electrons. The van der Waals surface area contributed by atoms with Crippen LogP contribution in [-0.2, 0) is 4.74 Å². The summed E-state index contributed by atoms with van der Waals surface area (Å²) in [6.07, 6.45) is 1.60. The molecule has 1 atom stereocenters. The molecule has 1 aromatic rings. The van der Waals surface area contributed by atoms with Crippen LogP contribution in [0.3, 0.4) is 0 Å². The normalized spacial score (nSPS) is 21.4. The molecule has 0 N–H and O–H groups in total. The van der Waals surface area contributed by atoms with Gasteiger partial charge >= 0.3 is 0 Å². The molecule has 7 nitrogen and oxygen atoms in total. The Kier molecular flexibility index (Phi) is 2.98. The summed E-state index contributed by atoms with van der Waals surface area (Å²) in [5, 5.41) is 10.7. The minimum absolute atomic E-state index is 0.0993. The number of amides is 2. The van der Waals surface area contributed by atoms with E-state index in [-0.39, 0.29) is 29.5 Å². The number of ether oxygens (including phenoxy) is 1. The van der Waals surface area contributed by atoms with Gasteiger partial charge in [0.15, 0.2) is 0 Å². The van der Waals surface area contributed by atoms with Crippen LogP contribution in [0.5, 0.6) is 0 Å². The van der Waals surface area contributed by atoms with Gasteiger partial charge in [-0.05, 0) is 18.9 Å². The van der Waals surface area contributed by atoms with Gasteiger partial charge in [0, 0.05) is 18.7 Å². The SMILES string of the molecule is O=C1c2ccc([N+](=O)[O-])cc2C(=O)N1C[C@@H]1CCCO1. The standard InChI is InChI=1S/C13H12N2O5/c16-12-10-4-3-8(15(18)19)6-11(10)13(17)14(12)7-9-2-1-5-20-9/h3-4,6,9H,1-2,5,7H2/t9-/m0/s1. The summed E-state index contributed by atoms with van der Waals surface area (Å²) in [5.74, 6) is -0.889. The predicted molar refractivity (Wildman–Crippen MR) is 67.4 cm³/mol. The molecule has 1 saturated heterocycles. The molecule has 0 aliphatic carbocycles. The molecular weight excluding hydrogens is 264 g/mol. The molecule has 0 aromatic heterocycles. The van der Waals surface area contributed by atoms with E-state index >= 15 is 0 Å². The number of non-ortho nitro benzene ring substituents is 1. The summed E-state index contributed by atoms with van der Waals surface area (Å²) in [7, 11) is 0. The molecule has 1 fully saturated rings. The Morgan fingerprint density at radius 3 is 2.70 bits per heavy atom. The van der Waals surface area contributed by atoms with Crippen molar-refractivity contribution < 1.29 is 19.2 Å². The van der Waals surface area contributed by atoms with E-state index in [0.717, 1.165) is 23.8 Å². The number of fused-ring (bicyclic) bond motifs is 1. The topological polar surface area (TPSA) is 89.8 Å². The number of nitro benzene ring substituents is 1. The Hall–Kier alpha value is -2.28. The second-order valence-electron chi connectivity index (χ2n) is 4.84. The van der Waals surface area contributed by atoms with Crippen LogP contribution in [0.4, 0.5) is 5.69 Å². The Bertz CT molecular complexity index is 607. The maximum absolute atomic E-state index is 12.2. The second kappa shape index (κ2) is 4.68. The van der Waals surface area contributed by atoms with Gasteiger partial charge in [-0.25, -0.2) is 0 Å². The van der Waals surface area contributed by atoms with Crippen LogP contribution >= 0.6 is 0 Å². The number of nitro groups is 1. The van der Waals surface area contributed by atoms with Gasteiger partial charge in [-0.3, -0.25) is 24.6 Å². The van der Waals surface area contributed by atoms with Crippen LogP contribution in [0.2, 0.25) is 0 Å². The number of rotatable bonds is 3. The van der Waals surface area contributed by atoms with Crippen molar-refractivity contribution in [2.75, 3.05) is 13.2 Å². The first-order valence-corrected chi connectivity index (χ1v) is 6.34. The molecule has 2 aliphatic heterocycles. The summed E-state index contributed by atoms with van der Waals surface area (Å²) < 4.78 is 5.42. The van der Waals surface area contributed by atoms with Gasteiger partial charge < -0.3 is 4.74 Å². The Morgan fingerprint density at radius 2 is 2.05 bits per heavy atom. The van der Waals surface area contributed by atoms with E-state index in [4.69, 9.17) is 4.74 Å². The van der Waals surface area contributed by atoms with Gasteiger partial charge in [0.1, 0.15) is 0 Å². The van der Waals surface area contributed by atoms with Crippen LogP contribution in [0.15, 0.2) is 18.2 Å². The molecule has 20 heavy (non-hydrogen) atoms. The molecule has 2 aliphatic rings. The fourth-order valence-electron chi connectivity index (χ4n) is 2.55. The highest BCUT2D eigenvalue weighted by Gasteiger charge is 2.38. The number of carbonyl (C=O) groups is 2. The van der Waals surface area contributed by atoms with Gasteiger partial charge in [0.2, 0.25) is 0 Å². The Labute approximate surface area is 114 Å². The van der Waals surface area contributed by atoms with Gasteiger partial charge in [-0.15, -0.1) is 0 Å². The lowest BCUT2D eigenvalue weighted by atomic mass is 10.1. The first kappa shape index (κ1) is 12.7. The van der Waals surface area contributed by atoms with Crippen molar-refractivity contribution in [3.05, 3.63) is 39.4 Å². The molecule has 2 heterocycles. The minimum Gasteiger partial charge on any atom is -0.376 e. The fourth-order valence-corrected chi connectivity index (χ4v) is 2.55. The predicted octanol–water partition coefficient (Wildman–Crippen LogP) is 1.37. The van der Waals surface area contributed by atoms with Crippen LogP contribution in [0.25, 0.3) is 0 Å². The lowest BCUT2D eigenvalue weighted by Gasteiger charge is -2.17. The first-order valence-electron chi connectivity index (χ1n) is 6.34. The molecular formula is C13H12N2O5. The average Bonchev–Trinajstić information content (AvgIpc) is 3.02. The summed E-state index contributed by atoms with van der Waals surface area (Å²) in [4.78, 5) is 35.6. The number of benzene rings is 1. The van der Waals surface area contributed by atoms with E-state index in [1.165, 1.54) is 12.1 Å². The van der Waals surface area contributed by atoms with E-state index in [0.29, 0.717) is 6.61 Å². The third-order valence-electron chi connectivity index (χ3n) is 3.58. The van der Waals surface area contributed by atoms with E-state index in [2.05, 4.69) is 0 Å². The third kappa shape index (κ3) is 1.96. The van der Waals surface area contributed by atoms with Crippen LogP contribution < -0.4 is 0 Å². The molecule has 7 heteroatoms. The molecule has 2 amide bonds. The number of nitrogens with zero attached hydrogens (tertiary/aromatic N) is 2. The van der Waals surface area contributed by atoms with E-state index in [9.17, 15) is 19.7 Å². The van der Waals surface area contributed by atoms with Gasteiger partial charge in [0.05, 0.1) is 28.7 Å². The van der Waals surface area contributed by atoms with Crippen molar-refractivity contribution in [3.63, 3.8) is 0 Å². The van der Waals surface area contributed by atoms with E-state index in [1.54, 1.807) is 0 Å². The zero-order valence-corrected chi connectivity index (χ0v) is 10.6. The lowest BCUT2D eigenvalue weighted by Crippen LogP contribution is -2.36. The van der Waals surface area contributed by atoms with Crippen molar-refractivity contribution in [1.29, 1.82) is 0 Å². The van der Waals surface area contributed by atoms with Crippen molar-refractivity contribution in [2.45, 2.75) is 18.9 Å². The first-order chi connectivity index (χ1) is 9.58. The molecule has 3 rings (SSSR count). The fraction of sp³-hybridized carbons (Fsp3) is 0.385. The smallest absolute Gasteiger partial charge is 0.270 e. The number of imide groups is 1. The van der Waals surface area contributed by atoms with Gasteiger partial charge in [0.25, 0.3) is 17.5 Å².